The van der Waals surface area contributed by atoms with Crippen molar-refractivity contribution in [3.05, 3.63) is 92.9 Å². The molecule has 0 N–H and O–H groups in total. The van der Waals surface area contributed by atoms with Gasteiger partial charge in [0.05, 0.1) is 0 Å². The highest BCUT2D eigenvalue weighted by atomic mass is 32.2. The molecule has 25 heavy (non-hydrogen) atoms. The normalized spacial score (nSPS) is 15.2. The number of benzene rings is 2. The zero-order valence-electron chi connectivity index (χ0n) is 13.1. The fourth-order valence-corrected chi connectivity index (χ4v) is 7.73. The van der Waals surface area contributed by atoms with Crippen LogP contribution >= 0.6 is 47.0 Å². The van der Waals surface area contributed by atoms with Gasteiger partial charge in [0.15, 0.2) is 0 Å². The van der Waals surface area contributed by atoms with Crippen molar-refractivity contribution >= 4 is 52.6 Å². The number of hydrogen-bond donors (Lipinski definition) is 0. The van der Waals surface area contributed by atoms with Gasteiger partial charge >= 0.3 is 0 Å². The van der Waals surface area contributed by atoms with E-state index < -0.39 is 0 Å². The van der Waals surface area contributed by atoms with Crippen LogP contribution < -0.4 is 0 Å². The van der Waals surface area contributed by atoms with E-state index in [1.165, 1.54) is 39.2 Å². The number of thioether (sulfide) groups is 4. The van der Waals surface area contributed by atoms with E-state index in [2.05, 4.69) is 78.9 Å². The first-order chi connectivity index (χ1) is 12.4. The second-order valence-electron chi connectivity index (χ2n) is 5.64. The molecule has 4 heteroatoms. The van der Waals surface area contributed by atoms with Crippen molar-refractivity contribution in [1.29, 1.82) is 0 Å². The third kappa shape index (κ3) is 3.13. The van der Waals surface area contributed by atoms with Gasteiger partial charge in [-0.3, -0.25) is 0 Å². The highest BCUT2D eigenvalue weighted by molar-refractivity contribution is 8.25. The van der Waals surface area contributed by atoms with Crippen LogP contribution in [0.15, 0.2) is 107 Å². The summed E-state index contributed by atoms with van der Waals surface area (Å²) in [6.07, 6.45) is 2.37. The molecular weight excluding hydrogens is 380 g/mol. The number of fused-ring (bicyclic) bond motifs is 2. The van der Waals surface area contributed by atoms with Crippen molar-refractivity contribution in [3.63, 3.8) is 0 Å². The quantitative estimate of drug-likeness (QED) is 0.409. The van der Waals surface area contributed by atoms with E-state index >= 15 is 0 Å². The molecule has 0 fully saturated rings. The van der Waals surface area contributed by atoms with Crippen molar-refractivity contribution in [3.8, 4) is 0 Å². The fourth-order valence-electron chi connectivity index (χ4n) is 2.80. The van der Waals surface area contributed by atoms with Gasteiger partial charge in [-0.15, -0.1) is 35.7 Å². The van der Waals surface area contributed by atoms with E-state index in [1.54, 1.807) is 0 Å². The minimum absolute atomic E-state index is 1.30. The Kier molecular flexibility index (Phi) is 4.30. The Hall–Kier alpha value is -1.33. The predicted octanol–water partition coefficient (Wildman–Crippen LogP) is 7.71. The highest BCUT2D eigenvalue weighted by Gasteiger charge is 2.19. The Morgan fingerprint density at radius 2 is 1.12 bits per heavy atom. The summed E-state index contributed by atoms with van der Waals surface area (Å²) in [5.41, 5.74) is 2.63. The maximum absolute atomic E-state index is 2.37. The van der Waals surface area contributed by atoms with Crippen LogP contribution in [0.3, 0.4) is 0 Å². The Labute approximate surface area is 164 Å². The molecule has 122 valence electrons. The molecule has 3 aromatic carbocycles. The van der Waals surface area contributed by atoms with Crippen LogP contribution in [0.4, 0.5) is 0 Å². The average molecular weight is 394 g/mol. The van der Waals surface area contributed by atoms with Crippen molar-refractivity contribution in [1.82, 2.24) is 0 Å². The minimum Gasteiger partial charge on any atom is -0.152 e. The smallest absolute Gasteiger partial charge is 0.0260 e. The molecule has 0 aliphatic carbocycles. The molecule has 0 nitrogen and oxygen atoms in total. The molecule has 0 saturated heterocycles. The molecule has 2 aliphatic rings. The lowest BCUT2D eigenvalue weighted by Crippen LogP contribution is -1.80. The van der Waals surface area contributed by atoms with Gasteiger partial charge in [0, 0.05) is 23.8 Å². The van der Waals surface area contributed by atoms with Gasteiger partial charge in [-0.1, -0.05) is 65.0 Å². The number of hydrogen-bond acceptors (Lipinski definition) is 4. The molecule has 0 bridgehead atoms. The monoisotopic (exact) mass is 393 g/mol. The Morgan fingerprint density at radius 1 is 0.640 bits per heavy atom. The summed E-state index contributed by atoms with van der Waals surface area (Å²) in [6, 6.07) is 26.0. The molecule has 3 aromatic rings. The molecule has 0 aromatic heterocycles. The Bertz CT molecular complexity index is 942. The summed E-state index contributed by atoms with van der Waals surface area (Å²) in [5.74, 6) is 0. The summed E-state index contributed by atoms with van der Waals surface area (Å²) >= 11 is 7.53. The van der Waals surface area contributed by atoms with E-state index in [1.807, 2.05) is 47.0 Å². The summed E-state index contributed by atoms with van der Waals surface area (Å²) in [4.78, 5) is 5.45. The molecule has 0 saturated carbocycles. The lowest BCUT2D eigenvalue weighted by atomic mass is 10.1. The van der Waals surface area contributed by atoms with Crippen LogP contribution in [0.1, 0.15) is 5.56 Å². The van der Waals surface area contributed by atoms with Crippen LogP contribution in [0.5, 0.6) is 0 Å². The van der Waals surface area contributed by atoms with E-state index in [4.69, 9.17) is 0 Å². The largest absolute Gasteiger partial charge is 0.152 e. The first kappa shape index (κ1) is 15.9. The third-order valence-corrected chi connectivity index (χ3v) is 8.99. The average Bonchev–Trinajstić information content (AvgIpc) is 3.37. The summed E-state index contributed by atoms with van der Waals surface area (Å²) < 4.78 is 2.72. The topological polar surface area (TPSA) is 0 Å². The number of allylic oxidation sites excluding steroid dienone is 2. The van der Waals surface area contributed by atoms with E-state index in [-0.39, 0.29) is 0 Å². The number of rotatable bonds is 2. The Morgan fingerprint density at radius 3 is 1.64 bits per heavy atom. The van der Waals surface area contributed by atoms with Gasteiger partial charge in [0.2, 0.25) is 0 Å². The predicted molar refractivity (Wildman–Crippen MR) is 113 cm³/mol. The molecule has 0 atom stereocenters. The highest BCUT2D eigenvalue weighted by Crippen LogP contribution is 2.56. The zero-order valence-corrected chi connectivity index (χ0v) is 16.4. The molecule has 0 unspecified atom stereocenters. The van der Waals surface area contributed by atoms with Crippen LogP contribution in [0.2, 0.25) is 0 Å². The molecule has 2 heterocycles. The second-order valence-corrected chi connectivity index (χ2v) is 10.4. The summed E-state index contributed by atoms with van der Waals surface area (Å²) in [6.45, 7) is 0. The molecule has 2 aliphatic heterocycles. The SMILES string of the molecule is C(=C1Sc2ccccc2S1)C(=C1Sc2ccccc2S1)[c-]1cccc1. The van der Waals surface area contributed by atoms with Crippen molar-refractivity contribution in [2.75, 3.05) is 0 Å². The van der Waals surface area contributed by atoms with Crippen LogP contribution in [-0.4, -0.2) is 0 Å². The Balaban J connectivity index is 1.56. The van der Waals surface area contributed by atoms with Gasteiger partial charge in [-0.2, -0.15) is 12.1 Å². The second kappa shape index (κ2) is 6.76. The van der Waals surface area contributed by atoms with E-state index in [9.17, 15) is 0 Å². The minimum atomic E-state index is 1.30. The molecule has 5 rings (SSSR count). The van der Waals surface area contributed by atoms with Crippen LogP contribution in [-0.2, 0) is 0 Å². The van der Waals surface area contributed by atoms with Crippen molar-refractivity contribution in [2.24, 2.45) is 0 Å². The zero-order chi connectivity index (χ0) is 16.6. The maximum Gasteiger partial charge on any atom is 0.0260 e. The van der Waals surface area contributed by atoms with E-state index in [0.717, 1.165) is 0 Å². The standard InChI is InChI=1S/C21H13S4/c1-2-8-14(7-1)15(21-24-18-11-5-6-12-19(18)25-21)13-20-22-16-9-3-4-10-17(16)23-20/h1-13H/q-1. The van der Waals surface area contributed by atoms with Gasteiger partial charge in [0.25, 0.3) is 0 Å². The lowest BCUT2D eigenvalue weighted by molar-refractivity contribution is 1.27. The first-order valence-corrected chi connectivity index (χ1v) is 11.2. The maximum atomic E-state index is 2.37. The van der Waals surface area contributed by atoms with Gasteiger partial charge in [-0.25, -0.2) is 0 Å². The van der Waals surface area contributed by atoms with Gasteiger partial charge in [-0.05, 0) is 28.5 Å². The molecular formula is C21H13S4-. The fraction of sp³-hybridized carbons (Fsp3) is 0. The van der Waals surface area contributed by atoms with E-state index in [0.29, 0.717) is 0 Å². The van der Waals surface area contributed by atoms with Gasteiger partial charge < -0.3 is 0 Å². The van der Waals surface area contributed by atoms with Crippen molar-refractivity contribution < 1.29 is 0 Å². The summed E-state index contributed by atoms with van der Waals surface area (Å²) in [5, 5.41) is 0. The first-order valence-electron chi connectivity index (χ1n) is 7.94. The van der Waals surface area contributed by atoms with Crippen molar-refractivity contribution in [2.45, 2.75) is 19.6 Å². The molecule has 0 amide bonds. The third-order valence-electron chi connectivity index (χ3n) is 3.98. The summed E-state index contributed by atoms with van der Waals surface area (Å²) in [7, 11) is 0. The van der Waals surface area contributed by atoms with Crippen LogP contribution in [0.25, 0.3) is 5.57 Å². The lowest BCUT2D eigenvalue weighted by Gasteiger charge is -2.12. The molecule has 0 radical (unpaired) electrons. The van der Waals surface area contributed by atoms with Gasteiger partial charge in [0.1, 0.15) is 0 Å². The molecule has 0 spiro atoms. The van der Waals surface area contributed by atoms with Crippen LogP contribution in [0, 0.1) is 0 Å².